The highest BCUT2D eigenvalue weighted by molar-refractivity contribution is 6.01. The van der Waals surface area contributed by atoms with E-state index in [4.69, 9.17) is 0 Å². The summed E-state index contributed by atoms with van der Waals surface area (Å²) in [6, 6.07) is 0. The summed E-state index contributed by atoms with van der Waals surface area (Å²) in [7, 11) is 0. The van der Waals surface area contributed by atoms with Gasteiger partial charge in [0.1, 0.15) is 11.6 Å². The Morgan fingerprint density at radius 3 is 2.28 bits per heavy atom. The van der Waals surface area contributed by atoms with E-state index >= 15 is 0 Å². The number of rotatable bonds is 0. The molecule has 4 rings (SSSR count). The number of ketones is 2. The monoisotopic (exact) mass is 242 g/mol. The molecule has 0 heterocycles. The van der Waals surface area contributed by atoms with Crippen LogP contribution in [0.4, 0.5) is 0 Å². The summed E-state index contributed by atoms with van der Waals surface area (Å²) in [5.41, 5.74) is 1.29. The average molecular weight is 242 g/mol. The van der Waals surface area contributed by atoms with E-state index in [9.17, 15) is 9.59 Å². The van der Waals surface area contributed by atoms with E-state index in [2.05, 4.69) is 25.2 Å². The summed E-state index contributed by atoms with van der Waals surface area (Å²) in [6.45, 7) is 2.08. The summed E-state index contributed by atoms with van der Waals surface area (Å²) >= 11 is 0. The first-order chi connectivity index (χ1) is 8.66. The van der Waals surface area contributed by atoms with Crippen molar-refractivity contribution in [1.29, 1.82) is 0 Å². The Hall–Kier alpha value is -1.18. The Morgan fingerprint density at radius 2 is 1.61 bits per heavy atom. The van der Waals surface area contributed by atoms with Gasteiger partial charge < -0.3 is 0 Å². The standard InChI is InChI=1S/C16H18O2/c1-8-2-5-11-12(6-8)16(18)14-10-4-3-9(7-10)13(14)15(11)17/h2-4,9-14H,5-7H2,1H3. The lowest BCUT2D eigenvalue weighted by molar-refractivity contribution is -0.148. The van der Waals surface area contributed by atoms with Gasteiger partial charge >= 0.3 is 0 Å². The Morgan fingerprint density at radius 1 is 1.00 bits per heavy atom. The Labute approximate surface area is 107 Å². The van der Waals surface area contributed by atoms with Crippen LogP contribution in [0.15, 0.2) is 23.8 Å². The van der Waals surface area contributed by atoms with Crippen LogP contribution in [0.2, 0.25) is 0 Å². The highest BCUT2D eigenvalue weighted by atomic mass is 16.1. The minimum Gasteiger partial charge on any atom is -0.299 e. The van der Waals surface area contributed by atoms with Crippen LogP contribution in [0.1, 0.15) is 26.2 Å². The van der Waals surface area contributed by atoms with E-state index in [-0.39, 0.29) is 23.7 Å². The van der Waals surface area contributed by atoms with Crippen LogP contribution >= 0.6 is 0 Å². The van der Waals surface area contributed by atoms with Gasteiger partial charge in [0.2, 0.25) is 0 Å². The molecule has 0 aromatic rings. The largest absolute Gasteiger partial charge is 0.299 e. The molecule has 0 N–H and O–H groups in total. The van der Waals surface area contributed by atoms with Gasteiger partial charge in [-0.2, -0.15) is 0 Å². The first kappa shape index (κ1) is 10.7. The first-order valence-corrected chi connectivity index (χ1v) is 7.08. The zero-order chi connectivity index (χ0) is 12.4. The maximum atomic E-state index is 12.7. The lowest BCUT2D eigenvalue weighted by Crippen LogP contribution is -2.49. The summed E-state index contributed by atoms with van der Waals surface area (Å²) in [5.74, 6) is 1.57. The summed E-state index contributed by atoms with van der Waals surface area (Å²) in [4.78, 5) is 25.4. The van der Waals surface area contributed by atoms with Crippen molar-refractivity contribution >= 4 is 11.6 Å². The molecule has 2 bridgehead atoms. The van der Waals surface area contributed by atoms with Crippen molar-refractivity contribution in [1.82, 2.24) is 0 Å². The molecule has 4 aliphatic rings. The predicted molar refractivity (Wildman–Crippen MR) is 67.7 cm³/mol. The molecule has 0 radical (unpaired) electrons. The highest BCUT2D eigenvalue weighted by Crippen LogP contribution is 2.55. The molecule has 0 aromatic carbocycles. The van der Waals surface area contributed by atoms with Crippen LogP contribution in [0.3, 0.4) is 0 Å². The van der Waals surface area contributed by atoms with Crippen LogP contribution < -0.4 is 0 Å². The second-order valence-electron chi connectivity index (χ2n) is 6.51. The van der Waals surface area contributed by atoms with Crippen LogP contribution in [0.25, 0.3) is 0 Å². The molecule has 2 heteroatoms. The molecule has 0 saturated heterocycles. The van der Waals surface area contributed by atoms with Crippen molar-refractivity contribution in [2.24, 2.45) is 35.5 Å². The maximum absolute atomic E-state index is 12.7. The van der Waals surface area contributed by atoms with E-state index in [1.807, 2.05) is 0 Å². The quantitative estimate of drug-likeness (QED) is 0.612. The zero-order valence-corrected chi connectivity index (χ0v) is 10.6. The summed E-state index contributed by atoms with van der Waals surface area (Å²) in [6.07, 6.45) is 9.18. The molecule has 4 aliphatic carbocycles. The summed E-state index contributed by atoms with van der Waals surface area (Å²) < 4.78 is 0. The van der Waals surface area contributed by atoms with Gasteiger partial charge in [0, 0.05) is 23.7 Å². The van der Waals surface area contributed by atoms with Gasteiger partial charge in [-0.1, -0.05) is 23.8 Å². The van der Waals surface area contributed by atoms with Gasteiger partial charge in [-0.25, -0.2) is 0 Å². The fraction of sp³-hybridized carbons (Fsp3) is 0.625. The van der Waals surface area contributed by atoms with E-state index in [0.29, 0.717) is 23.4 Å². The SMILES string of the molecule is CC1=CCC2C(=O)C3C4C=CC(C4)C3C(=O)C2C1. The lowest BCUT2D eigenvalue weighted by Gasteiger charge is -2.41. The number of hydrogen-bond acceptors (Lipinski definition) is 2. The van der Waals surface area contributed by atoms with Crippen LogP contribution in [-0.2, 0) is 9.59 Å². The van der Waals surface area contributed by atoms with E-state index in [0.717, 1.165) is 19.3 Å². The highest BCUT2D eigenvalue weighted by Gasteiger charge is 2.58. The Bertz CT molecular complexity index is 499. The second-order valence-corrected chi connectivity index (χ2v) is 6.51. The van der Waals surface area contributed by atoms with Crippen molar-refractivity contribution in [3.63, 3.8) is 0 Å². The number of carbonyl (C=O) groups excluding carboxylic acids is 2. The van der Waals surface area contributed by atoms with E-state index in [1.54, 1.807) is 0 Å². The topological polar surface area (TPSA) is 34.1 Å². The van der Waals surface area contributed by atoms with Crippen LogP contribution in [0.5, 0.6) is 0 Å². The number of hydrogen-bond donors (Lipinski definition) is 0. The van der Waals surface area contributed by atoms with Gasteiger partial charge in [0.15, 0.2) is 0 Å². The molecule has 0 amide bonds. The van der Waals surface area contributed by atoms with Gasteiger partial charge in [0.25, 0.3) is 0 Å². The summed E-state index contributed by atoms with van der Waals surface area (Å²) in [5, 5.41) is 0. The number of carbonyl (C=O) groups is 2. The van der Waals surface area contributed by atoms with Gasteiger partial charge in [-0.15, -0.1) is 0 Å². The molecule has 0 aromatic heterocycles. The van der Waals surface area contributed by atoms with E-state index in [1.165, 1.54) is 5.57 Å². The van der Waals surface area contributed by atoms with E-state index < -0.39 is 0 Å². The molecule has 94 valence electrons. The second kappa shape index (κ2) is 3.43. The van der Waals surface area contributed by atoms with Crippen LogP contribution in [-0.4, -0.2) is 11.6 Å². The average Bonchev–Trinajstić information content (AvgIpc) is 2.96. The molecule has 2 nitrogen and oxygen atoms in total. The van der Waals surface area contributed by atoms with Gasteiger partial charge in [0.05, 0.1) is 0 Å². The number of allylic oxidation sites excluding steroid dienone is 4. The third-order valence-corrected chi connectivity index (χ3v) is 5.60. The number of fused-ring (bicyclic) bond motifs is 6. The van der Waals surface area contributed by atoms with Gasteiger partial charge in [-0.3, -0.25) is 9.59 Å². The Kier molecular flexibility index (Phi) is 2.04. The minimum absolute atomic E-state index is 0.00324. The molecule has 18 heavy (non-hydrogen) atoms. The van der Waals surface area contributed by atoms with Gasteiger partial charge in [-0.05, 0) is 38.0 Å². The third kappa shape index (κ3) is 1.19. The molecule has 6 atom stereocenters. The van der Waals surface area contributed by atoms with Crippen LogP contribution in [0, 0.1) is 35.5 Å². The molecule has 0 aliphatic heterocycles. The van der Waals surface area contributed by atoms with Crippen molar-refractivity contribution < 1.29 is 9.59 Å². The van der Waals surface area contributed by atoms with Crippen molar-refractivity contribution in [2.75, 3.05) is 0 Å². The minimum atomic E-state index is -0.00444. The third-order valence-electron chi connectivity index (χ3n) is 5.60. The smallest absolute Gasteiger partial charge is 0.141 e. The normalized spacial score (nSPS) is 49.1. The Balaban J connectivity index is 1.76. The molecule has 2 saturated carbocycles. The zero-order valence-electron chi connectivity index (χ0n) is 10.6. The van der Waals surface area contributed by atoms with Crippen molar-refractivity contribution in [3.05, 3.63) is 23.8 Å². The molecule has 6 unspecified atom stereocenters. The fourth-order valence-electron chi connectivity index (χ4n) is 4.77. The molecular weight excluding hydrogens is 224 g/mol. The molecule has 0 spiro atoms. The van der Waals surface area contributed by atoms with Crippen molar-refractivity contribution in [2.45, 2.75) is 26.2 Å². The number of Topliss-reactive ketones (excluding diaryl/α,β-unsaturated/α-hetero) is 2. The predicted octanol–water partition coefficient (Wildman–Crippen LogP) is 2.55. The molecule has 2 fully saturated rings. The first-order valence-electron chi connectivity index (χ1n) is 7.08. The molecular formula is C16H18O2. The van der Waals surface area contributed by atoms with Crippen molar-refractivity contribution in [3.8, 4) is 0 Å². The lowest BCUT2D eigenvalue weighted by atomic mass is 9.60. The fourth-order valence-corrected chi connectivity index (χ4v) is 4.77. The maximum Gasteiger partial charge on any atom is 0.141 e.